The van der Waals surface area contributed by atoms with E-state index in [9.17, 15) is 9.59 Å². The van der Waals surface area contributed by atoms with Gasteiger partial charge < -0.3 is 15.4 Å². The fraction of sp³-hybridized carbons (Fsp3) is 0.294. The third kappa shape index (κ3) is 5.44. The topological polar surface area (TPSA) is 93.2 Å². The van der Waals surface area contributed by atoms with E-state index in [1.807, 2.05) is 12.1 Å². The van der Waals surface area contributed by atoms with Gasteiger partial charge in [0, 0.05) is 51.0 Å². The van der Waals surface area contributed by atoms with Crippen molar-refractivity contribution in [1.82, 2.24) is 20.6 Å². The number of hydrogen-bond acceptors (Lipinski definition) is 5. The van der Waals surface area contributed by atoms with Crippen molar-refractivity contribution in [3.63, 3.8) is 0 Å². The molecular formula is C17H20N4O3. The molecule has 0 aliphatic rings. The first kappa shape index (κ1) is 17.6. The van der Waals surface area contributed by atoms with E-state index >= 15 is 0 Å². The number of pyridine rings is 2. The van der Waals surface area contributed by atoms with Crippen LogP contribution in [0, 0.1) is 0 Å². The zero-order chi connectivity index (χ0) is 17.2. The lowest BCUT2D eigenvalue weighted by Gasteiger charge is -2.07. The summed E-state index contributed by atoms with van der Waals surface area (Å²) in [6, 6.07) is 6.70. The van der Waals surface area contributed by atoms with Crippen LogP contribution in [0.5, 0.6) is 0 Å². The van der Waals surface area contributed by atoms with Crippen LogP contribution in [0.4, 0.5) is 0 Å². The Kier molecular flexibility index (Phi) is 6.85. The Balaban J connectivity index is 1.91. The number of aromatic nitrogens is 2. The molecule has 2 rings (SSSR count). The zero-order valence-corrected chi connectivity index (χ0v) is 13.5. The van der Waals surface area contributed by atoms with Crippen LogP contribution in [0.1, 0.15) is 32.8 Å². The van der Waals surface area contributed by atoms with Gasteiger partial charge in [-0.05, 0) is 36.2 Å². The normalized spacial score (nSPS) is 10.2. The van der Waals surface area contributed by atoms with Gasteiger partial charge in [0.15, 0.2) is 0 Å². The Morgan fingerprint density at radius 2 is 1.88 bits per heavy atom. The number of amides is 2. The van der Waals surface area contributed by atoms with E-state index in [1.165, 1.54) is 12.3 Å². The fourth-order valence-corrected chi connectivity index (χ4v) is 1.99. The summed E-state index contributed by atoms with van der Waals surface area (Å²) in [6.45, 7) is 1.46. The molecule has 0 aliphatic heterocycles. The number of methoxy groups -OCH3 is 1. The molecule has 0 unspecified atom stereocenters. The summed E-state index contributed by atoms with van der Waals surface area (Å²) in [5, 5.41) is 5.54. The van der Waals surface area contributed by atoms with Gasteiger partial charge in [-0.15, -0.1) is 0 Å². The lowest BCUT2D eigenvalue weighted by atomic mass is 10.2. The Bertz CT molecular complexity index is 677. The van der Waals surface area contributed by atoms with Crippen LogP contribution in [-0.2, 0) is 11.3 Å². The van der Waals surface area contributed by atoms with Crippen molar-refractivity contribution in [2.45, 2.75) is 13.0 Å². The monoisotopic (exact) mass is 328 g/mol. The molecule has 24 heavy (non-hydrogen) atoms. The molecule has 7 nitrogen and oxygen atoms in total. The summed E-state index contributed by atoms with van der Waals surface area (Å²) in [6.07, 6.45) is 5.50. The van der Waals surface area contributed by atoms with Crippen LogP contribution in [0.2, 0.25) is 0 Å². The molecule has 2 aromatic rings. The third-order valence-electron chi connectivity index (χ3n) is 3.27. The molecule has 0 fully saturated rings. The molecular weight excluding hydrogens is 308 g/mol. The van der Waals surface area contributed by atoms with Crippen molar-refractivity contribution in [2.75, 3.05) is 20.3 Å². The van der Waals surface area contributed by atoms with Gasteiger partial charge in [-0.3, -0.25) is 19.6 Å². The van der Waals surface area contributed by atoms with Crippen LogP contribution < -0.4 is 10.6 Å². The number of ether oxygens (including phenoxy) is 1. The molecule has 0 radical (unpaired) electrons. The summed E-state index contributed by atoms with van der Waals surface area (Å²) < 4.78 is 4.92. The van der Waals surface area contributed by atoms with E-state index in [2.05, 4.69) is 20.6 Å². The predicted molar refractivity (Wildman–Crippen MR) is 88.5 cm³/mol. The highest BCUT2D eigenvalue weighted by molar-refractivity contribution is 5.98. The van der Waals surface area contributed by atoms with E-state index in [1.54, 1.807) is 25.6 Å². The Labute approximate surface area is 140 Å². The maximum atomic E-state index is 12.2. The molecule has 0 atom stereocenters. The largest absolute Gasteiger partial charge is 0.385 e. The molecule has 2 heterocycles. The van der Waals surface area contributed by atoms with Gasteiger partial charge >= 0.3 is 0 Å². The van der Waals surface area contributed by atoms with Crippen LogP contribution >= 0.6 is 0 Å². The van der Waals surface area contributed by atoms with E-state index in [0.29, 0.717) is 31.7 Å². The van der Waals surface area contributed by atoms with Gasteiger partial charge in [-0.25, -0.2) is 0 Å². The van der Waals surface area contributed by atoms with Crippen LogP contribution in [0.3, 0.4) is 0 Å². The third-order valence-corrected chi connectivity index (χ3v) is 3.27. The first-order chi connectivity index (χ1) is 11.7. The molecule has 0 saturated carbocycles. The quantitative estimate of drug-likeness (QED) is 0.710. The highest BCUT2D eigenvalue weighted by Crippen LogP contribution is 2.03. The molecule has 2 N–H and O–H groups in total. The van der Waals surface area contributed by atoms with Gasteiger partial charge in [0.25, 0.3) is 11.8 Å². The SMILES string of the molecule is COCCCNC(=O)c1cc(C(=O)NCc2ccncc2)ccn1. The van der Waals surface area contributed by atoms with Crippen molar-refractivity contribution < 1.29 is 14.3 Å². The van der Waals surface area contributed by atoms with Crippen molar-refractivity contribution >= 4 is 11.8 Å². The van der Waals surface area contributed by atoms with Crippen LogP contribution in [0.15, 0.2) is 42.9 Å². The highest BCUT2D eigenvalue weighted by atomic mass is 16.5. The molecule has 0 spiro atoms. The van der Waals surface area contributed by atoms with Crippen molar-refractivity contribution in [2.24, 2.45) is 0 Å². The average molecular weight is 328 g/mol. The average Bonchev–Trinajstić information content (AvgIpc) is 2.64. The first-order valence-corrected chi connectivity index (χ1v) is 7.61. The second kappa shape index (κ2) is 9.36. The summed E-state index contributed by atoms with van der Waals surface area (Å²) in [4.78, 5) is 32.1. The van der Waals surface area contributed by atoms with Gasteiger partial charge in [0.1, 0.15) is 5.69 Å². The van der Waals surface area contributed by atoms with Crippen molar-refractivity contribution in [3.05, 3.63) is 59.7 Å². The second-order valence-electron chi connectivity index (χ2n) is 5.07. The first-order valence-electron chi connectivity index (χ1n) is 7.61. The van der Waals surface area contributed by atoms with E-state index in [-0.39, 0.29) is 17.5 Å². The van der Waals surface area contributed by atoms with E-state index < -0.39 is 0 Å². The highest BCUT2D eigenvalue weighted by Gasteiger charge is 2.11. The summed E-state index contributed by atoms with van der Waals surface area (Å²) in [7, 11) is 1.61. The smallest absolute Gasteiger partial charge is 0.269 e. The molecule has 0 saturated heterocycles. The van der Waals surface area contributed by atoms with Gasteiger partial charge in [0.2, 0.25) is 0 Å². The van der Waals surface area contributed by atoms with Crippen molar-refractivity contribution in [1.29, 1.82) is 0 Å². The lowest BCUT2D eigenvalue weighted by molar-refractivity contribution is 0.0943. The maximum absolute atomic E-state index is 12.2. The molecule has 126 valence electrons. The summed E-state index contributed by atoms with van der Waals surface area (Å²) >= 11 is 0. The van der Waals surface area contributed by atoms with Gasteiger partial charge in [-0.2, -0.15) is 0 Å². The lowest BCUT2D eigenvalue weighted by Crippen LogP contribution is -2.27. The van der Waals surface area contributed by atoms with Gasteiger partial charge in [-0.1, -0.05) is 0 Å². The number of rotatable bonds is 8. The minimum Gasteiger partial charge on any atom is -0.385 e. The maximum Gasteiger partial charge on any atom is 0.269 e. The number of carbonyl (C=O) groups is 2. The molecule has 0 aliphatic carbocycles. The van der Waals surface area contributed by atoms with E-state index in [4.69, 9.17) is 4.74 Å². The Hall–Kier alpha value is -2.80. The Morgan fingerprint density at radius 3 is 2.62 bits per heavy atom. The Morgan fingerprint density at radius 1 is 1.08 bits per heavy atom. The molecule has 0 aromatic carbocycles. The summed E-state index contributed by atoms with van der Waals surface area (Å²) in [5.74, 6) is -0.572. The van der Waals surface area contributed by atoms with Crippen LogP contribution in [-0.4, -0.2) is 42.0 Å². The minimum absolute atomic E-state index is 0.212. The second-order valence-corrected chi connectivity index (χ2v) is 5.07. The molecule has 2 amide bonds. The fourth-order valence-electron chi connectivity index (χ4n) is 1.99. The number of hydrogen-bond donors (Lipinski definition) is 2. The van der Waals surface area contributed by atoms with E-state index in [0.717, 1.165) is 5.56 Å². The zero-order valence-electron chi connectivity index (χ0n) is 13.5. The predicted octanol–water partition coefficient (Wildman–Crippen LogP) is 1.17. The molecule has 0 bridgehead atoms. The summed E-state index contributed by atoms with van der Waals surface area (Å²) in [5.41, 5.74) is 1.55. The molecule has 2 aromatic heterocycles. The number of nitrogens with zero attached hydrogens (tertiary/aromatic N) is 2. The number of nitrogens with one attached hydrogen (secondary N) is 2. The van der Waals surface area contributed by atoms with Gasteiger partial charge in [0.05, 0.1) is 0 Å². The molecule has 7 heteroatoms. The van der Waals surface area contributed by atoms with Crippen LogP contribution in [0.25, 0.3) is 0 Å². The minimum atomic E-state index is -0.310. The number of carbonyl (C=O) groups excluding carboxylic acids is 2. The standard InChI is InChI=1S/C17H20N4O3/c1-24-10-2-6-20-17(23)15-11-14(5-9-19-15)16(22)21-12-13-3-7-18-8-4-13/h3-5,7-9,11H,2,6,10,12H2,1H3,(H,20,23)(H,21,22). The van der Waals surface area contributed by atoms with Crippen molar-refractivity contribution in [3.8, 4) is 0 Å².